The van der Waals surface area contributed by atoms with Crippen LogP contribution in [0.4, 0.5) is 0 Å². The van der Waals surface area contributed by atoms with Crippen molar-refractivity contribution < 1.29 is 14.3 Å². The van der Waals surface area contributed by atoms with E-state index in [1.807, 2.05) is 48.4 Å². The third kappa shape index (κ3) is 3.81. The number of ether oxygens (including phenoxy) is 1. The van der Waals surface area contributed by atoms with Crippen LogP contribution in [0.1, 0.15) is 47.9 Å². The van der Waals surface area contributed by atoms with Gasteiger partial charge in [-0.1, -0.05) is 24.3 Å². The molecule has 164 valence electrons. The summed E-state index contributed by atoms with van der Waals surface area (Å²) in [5.41, 5.74) is 4.79. The quantitative estimate of drug-likeness (QED) is 0.686. The third-order valence-corrected chi connectivity index (χ3v) is 6.46. The van der Waals surface area contributed by atoms with Crippen LogP contribution in [-0.4, -0.2) is 46.0 Å². The van der Waals surface area contributed by atoms with E-state index in [1.54, 1.807) is 6.20 Å². The summed E-state index contributed by atoms with van der Waals surface area (Å²) in [7, 11) is 0. The smallest absolute Gasteiger partial charge is 0.334 e. The third-order valence-electron chi connectivity index (χ3n) is 6.46. The van der Waals surface area contributed by atoms with Crippen molar-refractivity contribution in [2.24, 2.45) is 5.92 Å². The first-order valence-corrected chi connectivity index (χ1v) is 11.3. The zero-order valence-electron chi connectivity index (χ0n) is 18.3. The molecule has 2 aliphatic heterocycles. The van der Waals surface area contributed by atoms with Crippen LogP contribution in [0.3, 0.4) is 0 Å². The van der Waals surface area contributed by atoms with Crippen LogP contribution >= 0.6 is 0 Å². The maximum Gasteiger partial charge on any atom is 0.334 e. The van der Waals surface area contributed by atoms with E-state index in [0.29, 0.717) is 18.6 Å². The van der Waals surface area contributed by atoms with Gasteiger partial charge in [0.25, 0.3) is 5.91 Å². The first kappa shape index (κ1) is 20.5. The molecule has 6 nitrogen and oxygen atoms in total. The molecule has 1 atom stereocenters. The van der Waals surface area contributed by atoms with Crippen molar-refractivity contribution in [1.29, 1.82) is 0 Å². The molecule has 1 saturated heterocycles. The summed E-state index contributed by atoms with van der Waals surface area (Å²) in [5, 5.41) is 0. The summed E-state index contributed by atoms with van der Waals surface area (Å²) in [6.07, 6.45) is 13.4. The van der Waals surface area contributed by atoms with Gasteiger partial charge in [-0.3, -0.25) is 4.79 Å². The minimum Gasteiger partial charge on any atom is -0.463 e. The van der Waals surface area contributed by atoms with Gasteiger partial charge in [0, 0.05) is 54.7 Å². The van der Waals surface area contributed by atoms with Crippen LogP contribution in [0.25, 0.3) is 11.3 Å². The zero-order chi connectivity index (χ0) is 22.1. The Morgan fingerprint density at radius 3 is 2.66 bits per heavy atom. The van der Waals surface area contributed by atoms with Gasteiger partial charge in [-0.15, -0.1) is 0 Å². The number of fused-ring (bicyclic) bond motifs is 3. The van der Waals surface area contributed by atoms with Crippen molar-refractivity contribution in [3.05, 3.63) is 77.4 Å². The van der Waals surface area contributed by atoms with E-state index < -0.39 is 0 Å². The number of allylic oxidation sites excluding steroid dienone is 5. The van der Waals surface area contributed by atoms with Gasteiger partial charge in [0.2, 0.25) is 0 Å². The highest BCUT2D eigenvalue weighted by Crippen LogP contribution is 2.38. The Kier molecular flexibility index (Phi) is 5.52. The molecule has 1 fully saturated rings. The van der Waals surface area contributed by atoms with Crippen LogP contribution in [0.15, 0.2) is 60.5 Å². The number of aromatic nitrogens is 2. The molecular weight excluding hydrogens is 402 g/mol. The van der Waals surface area contributed by atoms with E-state index in [1.165, 1.54) is 5.57 Å². The number of rotatable bonds is 4. The number of carbonyl (C=O) groups is 2. The summed E-state index contributed by atoms with van der Waals surface area (Å²) in [6.45, 7) is 3.88. The van der Waals surface area contributed by atoms with Crippen molar-refractivity contribution >= 4 is 23.1 Å². The van der Waals surface area contributed by atoms with Gasteiger partial charge in [0.1, 0.15) is 5.82 Å². The van der Waals surface area contributed by atoms with E-state index in [9.17, 15) is 9.59 Å². The standard InChI is InChI=1S/C26H27N3O3/c1-2-32-26(31)22-16-21-15-20(9-10-23(21)29-14-11-27-24(29)17-22)18-5-7-19(8-6-18)25(30)28-12-3-4-13-28/h5-11,14,16,21H,2-4,12-13,15,17H2,1H3. The second kappa shape index (κ2) is 8.61. The summed E-state index contributed by atoms with van der Waals surface area (Å²) < 4.78 is 7.37. The summed E-state index contributed by atoms with van der Waals surface area (Å²) in [4.78, 5) is 31.6. The highest BCUT2D eigenvalue weighted by atomic mass is 16.5. The summed E-state index contributed by atoms with van der Waals surface area (Å²) >= 11 is 0. The molecule has 3 aliphatic rings. The first-order valence-electron chi connectivity index (χ1n) is 11.3. The van der Waals surface area contributed by atoms with Crippen LogP contribution in [0.2, 0.25) is 0 Å². The molecular formula is C26H27N3O3. The molecule has 2 aromatic rings. The van der Waals surface area contributed by atoms with E-state index in [4.69, 9.17) is 4.74 Å². The van der Waals surface area contributed by atoms with E-state index >= 15 is 0 Å². The fraction of sp³-hybridized carbons (Fsp3) is 0.346. The summed E-state index contributed by atoms with van der Waals surface area (Å²) in [6, 6.07) is 7.92. The number of benzene rings is 1. The Labute approximate surface area is 187 Å². The molecule has 1 aromatic carbocycles. The number of hydrogen-bond donors (Lipinski definition) is 0. The van der Waals surface area contributed by atoms with Crippen molar-refractivity contribution in [3.63, 3.8) is 0 Å². The van der Waals surface area contributed by atoms with Gasteiger partial charge in [0.15, 0.2) is 0 Å². The molecule has 1 aromatic heterocycles. The van der Waals surface area contributed by atoms with Crippen molar-refractivity contribution in [2.75, 3.05) is 19.7 Å². The largest absolute Gasteiger partial charge is 0.463 e. The van der Waals surface area contributed by atoms with Gasteiger partial charge < -0.3 is 14.2 Å². The number of likely N-dealkylation sites (tertiary alicyclic amines) is 1. The van der Waals surface area contributed by atoms with Gasteiger partial charge >= 0.3 is 5.97 Å². The molecule has 32 heavy (non-hydrogen) atoms. The average molecular weight is 430 g/mol. The lowest BCUT2D eigenvalue weighted by Gasteiger charge is -2.23. The van der Waals surface area contributed by atoms with E-state index in [-0.39, 0.29) is 17.8 Å². The Morgan fingerprint density at radius 2 is 1.91 bits per heavy atom. The van der Waals surface area contributed by atoms with Crippen molar-refractivity contribution in [1.82, 2.24) is 14.5 Å². The SMILES string of the molecule is CCOC(=O)C1=CC2CC(c3ccc(C(=O)N4CCCC4)cc3)=CC=C2n2ccnc2C1. The number of hydrogen-bond acceptors (Lipinski definition) is 4. The number of imidazole rings is 1. The summed E-state index contributed by atoms with van der Waals surface area (Å²) in [5.74, 6) is 0.742. The Balaban J connectivity index is 1.43. The van der Waals surface area contributed by atoms with Gasteiger partial charge in [-0.25, -0.2) is 9.78 Å². The Morgan fingerprint density at radius 1 is 1.12 bits per heavy atom. The molecule has 0 radical (unpaired) electrons. The highest BCUT2D eigenvalue weighted by molar-refractivity contribution is 5.95. The number of esters is 1. The fourth-order valence-corrected chi connectivity index (χ4v) is 4.80. The van der Waals surface area contributed by atoms with Gasteiger partial charge in [0.05, 0.1) is 6.61 Å². The number of nitrogens with zero attached hydrogens (tertiary/aromatic N) is 3. The molecule has 1 amide bonds. The second-order valence-corrected chi connectivity index (χ2v) is 8.47. The van der Waals surface area contributed by atoms with Crippen LogP contribution in [0, 0.1) is 5.92 Å². The zero-order valence-corrected chi connectivity index (χ0v) is 18.3. The predicted octanol–water partition coefficient (Wildman–Crippen LogP) is 4.11. The maximum atomic E-state index is 12.6. The van der Waals surface area contributed by atoms with E-state index in [0.717, 1.165) is 55.0 Å². The topological polar surface area (TPSA) is 64.4 Å². The van der Waals surface area contributed by atoms with Crippen LogP contribution in [0.5, 0.6) is 0 Å². The molecule has 6 heteroatoms. The monoisotopic (exact) mass is 429 g/mol. The molecule has 5 rings (SSSR count). The fourth-order valence-electron chi connectivity index (χ4n) is 4.80. The first-order chi connectivity index (χ1) is 15.6. The van der Waals surface area contributed by atoms with Gasteiger partial charge in [-0.2, -0.15) is 0 Å². The second-order valence-electron chi connectivity index (χ2n) is 8.47. The minimum absolute atomic E-state index is 0.0516. The lowest BCUT2D eigenvalue weighted by atomic mass is 9.86. The number of amides is 1. The molecule has 1 unspecified atom stereocenters. The highest BCUT2D eigenvalue weighted by Gasteiger charge is 2.28. The average Bonchev–Trinajstić information content (AvgIpc) is 3.49. The van der Waals surface area contributed by atoms with Crippen molar-refractivity contribution in [2.45, 2.75) is 32.6 Å². The van der Waals surface area contributed by atoms with Crippen LogP contribution in [-0.2, 0) is 16.0 Å². The molecule has 0 saturated carbocycles. The molecule has 0 bridgehead atoms. The Hall–Kier alpha value is -3.41. The van der Waals surface area contributed by atoms with Crippen LogP contribution < -0.4 is 0 Å². The maximum absolute atomic E-state index is 12.6. The molecule has 3 heterocycles. The minimum atomic E-state index is -0.274. The molecule has 0 spiro atoms. The molecule has 1 aliphatic carbocycles. The lowest BCUT2D eigenvalue weighted by molar-refractivity contribution is -0.138. The lowest BCUT2D eigenvalue weighted by Crippen LogP contribution is -2.27. The molecule has 0 N–H and O–H groups in total. The van der Waals surface area contributed by atoms with Crippen molar-refractivity contribution in [3.8, 4) is 0 Å². The predicted molar refractivity (Wildman–Crippen MR) is 123 cm³/mol. The van der Waals surface area contributed by atoms with E-state index in [2.05, 4.69) is 21.7 Å². The number of carbonyl (C=O) groups excluding carboxylic acids is 2. The normalized spacial score (nSPS) is 19.8. The Bertz CT molecular complexity index is 1130. The van der Waals surface area contributed by atoms with Gasteiger partial charge in [-0.05, 0) is 55.5 Å².